The number of piperidine rings is 3. The van der Waals surface area contributed by atoms with Gasteiger partial charge in [-0.3, -0.25) is 24.1 Å². The molecule has 1 aromatic rings. The number of nitrogens with one attached hydrogen (secondary N) is 1. The molecule has 0 aromatic carbocycles. The number of thiazole rings is 1. The number of nitrogens with zero attached hydrogens (tertiary/aromatic N) is 4. The molecule has 4 saturated heterocycles. The first kappa shape index (κ1) is 27.9. The van der Waals surface area contributed by atoms with Crippen molar-refractivity contribution in [2.24, 2.45) is 22.0 Å². The number of rotatable bonds is 10. The third-order valence-corrected chi connectivity index (χ3v) is 10.1. The van der Waals surface area contributed by atoms with Gasteiger partial charge in [-0.25, -0.2) is 4.98 Å². The summed E-state index contributed by atoms with van der Waals surface area (Å²) >= 11 is 2.38. The number of hydrogen-bond donors (Lipinski definition) is 4. The van der Waals surface area contributed by atoms with Gasteiger partial charge in [-0.2, -0.15) is 0 Å². The number of primary amides is 2. The van der Waals surface area contributed by atoms with Gasteiger partial charge in [-0.05, 0) is 0 Å². The van der Waals surface area contributed by atoms with E-state index in [0.717, 1.165) is 16.2 Å². The minimum absolute atomic E-state index is 0.0688. The first-order valence-corrected chi connectivity index (χ1v) is 14.4. The van der Waals surface area contributed by atoms with Crippen molar-refractivity contribution in [3.63, 3.8) is 0 Å². The fourth-order valence-electron chi connectivity index (χ4n) is 5.84. The highest BCUT2D eigenvalue weighted by Crippen LogP contribution is 2.46. The van der Waals surface area contributed by atoms with Crippen LogP contribution in [0.4, 0.5) is 5.13 Å². The molecule has 1 aromatic heterocycles. The number of aliphatic carboxylic acids is 1. The van der Waals surface area contributed by atoms with E-state index in [0.29, 0.717) is 61.3 Å². The minimum Gasteiger partial charge on any atom is -0.543 e. The number of aromatic nitrogens is 1. The number of hydrogen-bond acceptors (Lipinski definition) is 12. The molecule has 4 fully saturated rings. The van der Waals surface area contributed by atoms with Gasteiger partial charge in [0.2, 0.25) is 5.91 Å². The van der Waals surface area contributed by atoms with Gasteiger partial charge in [0, 0.05) is 36.0 Å². The molecule has 5 aliphatic heterocycles. The van der Waals surface area contributed by atoms with Crippen LogP contribution in [0.2, 0.25) is 0 Å². The third-order valence-electron chi connectivity index (χ3n) is 8.11. The number of fused-ring (bicyclic) bond motifs is 4. The summed E-state index contributed by atoms with van der Waals surface area (Å²) in [5.41, 5.74) is 16.1. The number of quaternary nitrogens is 1. The fourth-order valence-corrected chi connectivity index (χ4v) is 7.72. The molecule has 40 heavy (non-hydrogen) atoms. The number of β-lactam (4-membered cyclic amide) rings is 1. The maximum absolute atomic E-state index is 13.2. The van der Waals surface area contributed by atoms with Crippen LogP contribution in [0.3, 0.4) is 0 Å². The predicted octanol–water partition coefficient (Wildman–Crippen LogP) is -3.18. The zero-order valence-electron chi connectivity index (χ0n) is 21.3. The maximum atomic E-state index is 13.2. The molecular weight excluding hydrogens is 564 g/mol. The number of carbonyl (C=O) groups excluding carboxylic acids is 5. The number of carboxylic acids is 1. The topological polar surface area (TPSA) is 236 Å². The van der Waals surface area contributed by atoms with Gasteiger partial charge in [-0.1, -0.05) is 5.16 Å². The van der Waals surface area contributed by atoms with Crippen molar-refractivity contribution >= 4 is 63.5 Å². The SMILES string of the molecule is NC(=O)CO/N=C(\C(=O)N[C@@H]1C(=O)N2C(C(=O)[O-])=C(C[N+]34CCC(C(N)=O)(CC3)CC4)CS[C@@H]12)c1csc(N)n1. The molecule has 4 amide bonds. The summed E-state index contributed by atoms with van der Waals surface area (Å²) in [4.78, 5) is 71.5. The number of amides is 4. The van der Waals surface area contributed by atoms with E-state index in [1.165, 1.54) is 17.1 Å². The van der Waals surface area contributed by atoms with E-state index in [-0.39, 0.29) is 28.1 Å². The monoisotopic (exact) mass is 592 g/mol. The molecule has 2 atom stereocenters. The maximum Gasteiger partial charge on any atom is 0.276 e. The molecule has 7 N–H and O–H groups in total. The number of thioether (sulfide) groups is 1. The second-order valence-electron chi connectivity index (χ2n) is 10.4. The summed E-state index contributed by atoms with van der Waals surface area (Å²) in [5, 5.41) is 19.4. The molecule has 0 saturated carbocycles. The molecule has 17 heteroatoms. The van der Waals surface area contributed by atoms with Crippen LogP contribution < -0.4 is 27.6 Å². The Kier molecular flexibility index (Phi) is 7.22. The normalized spacial score (nSPS) is 29.4. The Morgan fingerprint density at radius 2 is 1.90 bits per heavy atom. The summed E-state index contributed by atoms with van der Waals surface area (Å²) in [7, 11) is 0. The highest BCUT2D eigenvalue weighted by molar-refractivity contribution is 8.00. The van der Waals surface area contributed by atoms with E-state index >= 15 is 0 Å². The highest BCUT2D eigenvalue weighted by Gasteiger charge is 2.56. The molecule has 6 heterocycles. The van der Waals surface area contributed by atoms with Crippen molar-refractivity contribution in [1.29, 1.82) is 0 Å². The fraction of sp³-hybridized carbons (Fsp3) is 0.522. The van der Waals surface area contributed by atoms with Crippen molar-refractivity contribution in [2.75, 3.05) is 44.3 Å². The van der Waals surface area contributed by atoms with Crippen molar-refractivity contribution in [1.82, 2.24) is 15.2 Å². The van der Waals surface area contributed by atoms with Gasteiger partial charge in [-0.15, -0.1) is 23.1 Å². The largest absolute Gasteiger partial charge is 0.543 e. The lowest BCUT2D eigenvalue weighted by molar-refractivity contribution is -0.940. The molecule has 0 spiro atoms. The zero-order chi connectivity index (χ0) is 28.8. The molecule has 15 nitrogen and oxygen atoms in total. The number of oxime groups is 1. The summed E-state index contributed by atoms with van der Waals surface area (Å²) in [6.45, 7) is 1.95. The average Bonchev–Trinajstić information content (AvgIpc) is 3.35. The smallest absolute Gasteiger partial charge is 0.276 e. The van der Waals surface area contributed by atoms with Crippen LogP contribution in [0.5, 0.6) is 0 Å². The minimum atomic E-state index is -1.46. The molecule has 6 rings (SSSR count). The Bertz CT molecular complexity index is 1330. The van der Waals surface area contributed by atoms with Crippen molar-refractivity contribution in [3.05, 3.63) is 22.3 Å². The first-order valence-electron chi connectivity index (χ1n) is 12.5. The average molecular weight is 593 g/mol. The lowest BCUT2D eigenvalue weighted by atomic mass is 9.70. The van der Waals surface area contributed by atoms with E-state index in [9.17, 15) is 29.1 Å². The Balaban J connectivity index is 1.31. The Labute approximate surface area is 236 Å². The van der Waals surface area contributed by atoms with Crippen LogP contribution in [0, 0.1) is 5.41 Å². The second kappa shape index (κ2) is 10.4. The van der Waals surface area contributed by atoms with E-state index < -0.39 is 47.1 Å². The summed E-state index contributed by atoms with van der Waals surface area (Å²) < 4.78 is 0.635. The lowest BCUT2D eigenvalue weighted by Gasteiger charge is -2.55. The van der Waals surface area contributed by atoms with Gasteiger partial charge in [0.15, 0.2) is 17.5 Å². The molecule has 2 bridgehead atoms. The van der Waals surface area contributed by atoms with Gasteiger partial charge in [0.1, 0.15) is 23.7 Å². The van der Waals surface area contributed by atoms with Crippen molar-refractivity contribution in [2.45, 2.75) is 30.7 Å². The first-order chi connectivity index (χ1) is 19.0. The van der Waals surface area contributed by atoms with Gasteiger partial charge >= 0.3 is 0 Å². The Morgan fingerprint density at radius 1 is 1.23 bits per heavy atom. The highest BCUT2D eigenvalue weighted by atomic mass is 32.2. The number of nitrogens with two attached hydrogens (primary N) is 3. The molecule has 0 radical (unpaired) electrons. The van der Waals surface area contributed by atoms with Crippen LogP contribution in [0.1, 0.15) is 25.0 Å². The second-order valence-corrected chi connectivity index (χ2v) is 12.4. The zero-order valence-corrected chi connectivity index (χ0v) is 22.9. The Morgan fingerprint density at radius 3 is 2.45 bits per heavy atom. The summed E-state index contributed by atoms with van der Waals surface area (Å²) in [6, 6.07) is -1.04. The van der Waals surface area contributed by atoms with E-state index in [4.69, 9.17) is 22.0 Å². The molecule has 214 valence electrons. The molecule has 5 aliphatic rings. The Hall–Kier alpha value is -3.70. The van der Waals surface area contributed by atoms with Gasteiger partial charge in [0.25, 0.3) is 17.7 Å². The standard InChI is InChI=1S/C23H28N8O7S2/c24-13(32)8-38-29-14(12-10-40-22(26)27-12)17(33)28-15-18(34)30-16(20(35)36)11(9-39-19(15)30)7-31-4-1-23(2-5-31,3-6-31)21(25)37/h10,15,19H,1-9H2,(H7-,24,25,26,27,28,32,33,35,36,37)/b29-14-/t15-,19+,23?,31?/m1/s1. The van der Waals surface area contributed by atoms with E-state index in [1.54, 1.807) is 0 Å². The van der Waals surface area contributed by atoms with Crippen LogP contribution >= 0.6 is 23.1 Å². The van der Waals surface area contributed by atoms with Crippen LogP contribution in [0.15, 0.2) is 21.8 Å². The third kappa shape index (κ3) is 4.88. The summed E-state index contributed by atoms with van der Waals surface area (Å²) in [6.07, 6.45) is 1.96. The molecule has 0 unspecified atom stereocenters. The van der Waals surface area contributed by atoms with Crippen molar-refractivity contribution in [3.8, 4) is 0 Å². The lowest BCUT2D eigenvalue weighted by Crippen LogP contribution is -2.72. The quantitative estimate of drug-likeness (QED) is 0.0919. The van der Waals surface area contributed by atoms with Crippen LogP contribution in [-0.4, -0.2) is 99.6 Å². The van der Waals surface area contributed by atoms with Crippen LogP contribution in [0.25, 0.3) is 0 Å². The van der Waals surface area contributed by atoms with E-state index in [1.807, 2.05) is 0 Å². The predicted molar refractivity (Wildman–Crippen MR) is 140 cm³/mol. The van der Waals surface area contributed by atoms with Crippen LogP contribution in [-0.2, 0) is 28.8 Å². The van der Waals surface area contributed by atoms with Crippen molar-refractivity contribution < 1.29 is 38.4 Å². The number of carboxylic acid groups (broad SMARTS) is 1. The van der Waals surface area contributed by atoms with Gasteiger partial charge in [0.05, 0.1) is 36.7 Å². The number of carbonyl (C=O) groups is 5. The molecular formula is C23H28N8O7S2. The van der Waals surface area contributed by atoms with Gasteiger partial charge < -0.3 is 41.7 Å². The number of nitrogen functional groups attached to an aromatic ring is 1. The summed E-state index contributed by atoms with van der Waals surface area (Å²) in [5.74, 6) is -3.65. The molecule has 0 aliphatic carbocycles. The number of anilines is 1. The van der Waals surface area contributed by atoms with E-state index in [2.05, 4.69) is 15.5 Å².